The highest BCUT2D eigenvalue weighted by molar-refractivity contribution is 9.10. The van der Waals surface area contributed by atoms with Crippen LogP contribution in [0.25, 0.3) is 0 Å². The molecule has 0 saturated heterocycles. The Labute approximate surface area is 146 Å². The highest BCUT2D eigenvalue weighted by Gasteiger charge is 2.68. The minimum Gasteiger partial charge on any atom is -0.465 e. The molecule has 1 spiro atoms. The van der Waals surface area contributed by atoms with Gasteiger partial charge >= 0.3 is 6.09 Å². The third-order valence-corrected chi connectivity index (χ3v) is 7.77. The van der Waals surface area contributed by atoms with E-state index in [0.29, 0.717) is 4.47 Å². The third-order valence-electron chi connectivity index (χ3n) is 4.48. The number of nitrogens with zero attached hydrogens (tertiary/aromatic N) is 1. The fourth-order valence-corrected chi connectivity index (χ4v) is 5.67. The van der Waals surface area contributed by atoms with Crippen molar-refractivity contribution in [3.8, 4) is 0 Å². The van der Waals surface area contributed by atoms with Gasteiger partial charge in [-0.15, -0.1) is 10.6 Å². The summed E-state index contributed by atoms with van der Waals surface area (Å²) in [7, 11) is -3.91. The number of amidine groups is 1. The third kappa shape index (κ3) is 2.35. The van der Waals surface area contributed by atoms with E-state index in [2.05, 4.69) is 20.9 Å². The molecular formula is C14H15BrF2N2O4S. The van der Waals surface area contributed by atoms with Gasteiger partial charge in [-0.25, -0.2) is 13.6 Å². The summed E-state index contributed by atoms with van der Waals surface area (Å²) in [6, 6.07) is 3.81. The van der Waals surface area contributed by atoms with Gasteiger partial charge in [0.25, 0.3) is 0 Å². The summed E-state index contributed by atoms with van der Waals surface area (Å²) in [5, 5.41) is 11.0. The van der Waals surface area contributed by atoms with Gasteiger partial charge in [0, 0.05) is 10.0 Å². The lowest BCUT2D eigenvalue weighted by molar-refractivity contribution is 0.199. The maximum Gasteiger partial charge on any atom is 0.410 e. The minimum absolute atomic E-state index is 0.190. The molecule has 2 aliphatic rings. The first-order chi connectivity index (χ1) is 11.0. The number of carboxylic acid groups (broad SMARTS) is 1. The van der Waals surface area contributed by atoms with E-state index in [1.54, 1.807) is 0 Å². The lowest BCUT2D eigenvalue weighted by atomic mass is 9.92. The number of amides is 1. The highest BCUT2D eigenvalue weighted by Crippen LogP contribution is 2.73. The second-order valence-corrected chi connectivity index (χ2v) is 9.36. The van der Waals surface area contributed by atoms with Crippen LogP contribution in [0.5, 0.6) is 0 Å². The van der Waals surface area contributed by atoms with Crippen molar-refractivity contribution in [2.75, 3.05) is 0 Å². The van der Waals surface area contributed by atoms with Gasteiger partial charge in [0.05, 0.1) is 0 Å². The molecule has 4 N–H and O–H groups in total. The van der Waals surface area contributed by atoms with Crippen LogP contribution in [0.1, 0.15) is 25.3 Å². The number of alkyl halides is 1. The maximum absolute atomic E-state index is 15.1. The summed E-state index contributed by atoms with van der Waals surface area (Å²) in [6.07, 6.45) is -1.05. The van der Waals surface area contributed by atoms with Crippen LogP contribution >= 0.6 is 26.5 Å². The Hall–Kier alpha value is -1.23. The van der Waals surface area contributed by atoms with Gasteiger partial charge < -0.3 is 5.11 Å². The quantitative estimate of drug-likeness (QED) is 0.545. The van der Waals surface area contributed by atoms with Crippen molar-refractivity contribution in [1.29, 1.82) is 0 Å². The van der Waals surface area contributed by atoms with E-state index < -0.39 is 38.3 Å². The zero-order valence-corrected chi connectivity index (χ0v) is 14.9. The number of benzene rings is 1. The van der Waals surface area contributed by atoms with Gasteiger partial charge in [-0.1, -0.05) is 15.9 Å². The number of aliphatic imine (C=N–C) groups is 1. The molecule has 1 unspecified atom stereocenters. The van der Waals surface area contributed by atoms with Crippen LogP contribution in [0, 0.1) is 5.82 Å². The van der Waals surface area contributed by atoms with E-state index >= 15 is 4.39 Å². The number of hydrogen-bond acceptors (Lipinski definition) is 4. The van der Waals surface area contributed by atoms with Crippen molar-refractivity contribution in [1.82, 2.24) is 5.32 Å². The smallest absolute Gasteiger partial charge is 0.410 e. The summed E-state index contributed by atoms with van der Waals surface area (Å²) < 4.78 is 49.4. The maximum atomic E-state index is 15.1. The zero-order valence-electron chi connectivity index (χ0n) is 12.5. The molecule has 1 heterocycles. The molecule has 0 radical (unpaired) electrons. The van der Waals surface area contributed by atoms with E-state index in [0.717, 1.165) is 6.07 Å². The molecule has 0 bridgehead atoms. The number of halogens is 3. The summed E-state index contributed by atoms with van der Waals surface area (Å²) in [5.41, 5.74) is -4.43. The fraction of sp³-hybridized carbons (Fsp3) is 0.429. The molecule has 10 heteroatoms. The standard InChI is InChI=1S/C14H15BrF2N2O4S/c1-13(8-6-7(15)2-3-9(8)16)10(17)24(22,23)14(4-5-14)11(19-13)18-12(20)21/h2-3,6,10,22-23H,4-5H2,1H3,(H,18,19)(H,20,21)/t10?,13-/m1/s1. The molecule has 6 nitrogen and oxygen atoms in total. The molecule has 1 aromatic rings. The Bertz CT molecular complexity index is 756. The van der Waals surface area contributed by atoms with Crippen LogP contribution in [0.4, 0.5) is 13.6 Å². The molecule has 1 aliphatic heterocycles. The Kier molecular flexibility index (Phi) is 3.94. The van der Waals surface area contributed by atoms with Crippen LogP contribution in [0.15, 0.2) is 27.7 Å². The Balaban J connectivity index is 2.22. The molecule has 1 aromatic carbocycles. The molecule has 3 rings (SSSR count). The summed E-state index contributed by atoms with van der Waals surface area (Å²) in [6.45, 7) is 1.22. The van der Waals surface area contributed by atoms with Crippen molar-refractivity contribution >= 4 is 38.4 Å². The molecule has 2 atom stereocenters. The van der Waals surface area contributed by atoms with Crippen molar-refractivity contribution < 1.29 is 27.8 Å². The average Bonchev–Trinajstić information content (AvgIpc) is 3.28. The van der Waals surface area contributed by atoms with Crippen LogP contribution in [-0.4, -0.2) is 36.4 Å². The normalized spacial score (nSPS) is 31.2. The first-order valence-electron chi connectivity index (χ1n) is 7.01. The van der Waals surface area contributed by atoms with Gasteiger partial charge in [-0.3, -0.25) is 19.4 Å². The first kappa shape index (κ1) is 17.6. The van der Waals surface area contributed by atoms with Crippen LogP contribution in [0.3, 0.4) is 0 Å². The second-order valence-electron chi connectivity index (χ2n) is 6.07. The molecule has 0 aromatic heterocycles. The van der Waals surface area contributed by atoms with Gasteiger partial charge in [-0.05, 0) is 38.0 Å². The van der Waals surface area contributed by atoms with Crippen molar-refractivity contribution in [2.24, 2.45) is 4.99 Å². The zero-order chi connectivity index (χ0) is 17.9. The van der Waals surface area contributed by atoms with E-state index in [-0.39, 0.29) is 24.2 Å². The number of carbonyl (C=O) groups is 1. The number of hydrogen-bond donors (Lipinski definition) is 4. The van der Waals surface area contributed by atoms with E-state index in [9.17, 15) is 18.3 Å². The lowest BCUT2D eigenvalue weighted by Gasteiger charge is -2.52. The first-order valence-corrected chi connectivity index (χ1v) is 9.41. The van der Waals surface area contributed by atoms with E-state index in [1.165, 1.54) is 19.1 Å². The predicted molar refractivity (Wildman–Crippen MR) is 89.8 cm³/mol. The van der Waals surface area contributed by atoms with Crippen molar-refractivity contribution in [3.63, 3.8) is 0 Å². The average molecular weight is 425 g/mol. The monoisotopic (exact) mass is 424 g/mol. The van der Waals surface area contributed by atoms with Gasteiger partial charge in [-0.2, -0.15) is 0 Å². The SMILES string of the molecule is C[C@]1(c2cc(Br)ccc2F)N=C(NC(=O)O)C2(CC2)S(O)(O)C1F. The van der Waals surface area contributed by atoms with Gasteiger partial charge in [0.1, 0.15) is 21.9 Å². The van der Waals surface area contributed by atoms with Gasteiger partial charge in [0.15, 0.2) is 0 Å². The van der Waals surface area contributed by atoms with E-state index in [4.69, 9.17) is 5.11 Å². The molecule has 132 valence electrons. The lowest BCUT2D eigenvalue weighted by Crippen LogP contribution is -2.54. The fourth-order valence-electron chi connectivity index (χ4n) is 3.01. The Morgan fingerprint density at radius 2 is 2.08 bits per heavy atom. The van der Waals surface area contributed by atoms with Gasteiger partial charge in [0.2, 0.25) is 5.50 Å². The topological polar surface area (TPSA) is 102 Å². The summed E-state index contributed by atoms with van der Waals surface area (Å²) in [4.78, 5) is 15.1. The van der Waals surface area contributed by atoms with Crippen LogP contribution < -0.4 is 5.32 Å². The Morgan fingerprint density at radius 1 is 1.46 bits per heavy atom. The molecule has 24 heavy (non-hydrogen) atoms. The Morgan fingerprint density at radius 3 is 2.62 bits per heavy atom. The summed E-state index contributed by atoms with van der Waals surface area (Å²) >= 11 is 3.16. The number of nitrogens with one attached hydrogen (secondary N) is 1. The molecule has 1 fully saturated rings. The second kappa shape index (κ2) is 5.38. The largest absolute Gasteiger partial charge is 0.465 e. The van der Waals surface area contributed by atoms with Crippen LogP contribution in [0.2, 0.25) is 0 Å². The van der Waals surface area contributed by atoms with Crippen molar-refractivity contribution in [2.45, 2.75) is 35.6 Å². The summed E-state index contributed by atoms with van der Waals surface area (Å²) in [5.74, 6) is -1.01. The molecular weight excluding hydrogens is 410 g/mol. The number of rotatable bonds is 1. The predicted octanol–water partition coefficient (Wildman–Crippen LogP) is 4.06. The minimum atomic E-state index is -3.91. The molecule has 1 saturated carbocycles. The highest BCUT2D eigenvalue weighted by atomic mass is 79.9. The van der Waals surface area contributed by atoms with Crippen LogP contribution in [-0.2, 0) is 5.54 Å². The van der Waals surface area contributed by atoms with E-state index in [1.807, 2.05) is 5.32 Å². The van der Waals surface area contributed by atoms with Crippen molar-refractivity contribution in [3.05, 3.63) is 34.1 Å². The molecule has 1 amide bonds. The molecule has 1 aliphatic carbocycles.